The smallest absolute Gasteiger partial charge is 0.225 e. The first-order chi connectivity index (χ1) is 11.8. The van der Waals surface area contributed by atoms with E-state index in [9.17, 15) is 4.79 Å². The minimum absolute atomic E-state index is 0.228. The predicted molar refractivity (Wildman–Crippen MR) is 91.6 cm³/mol. The summed E-state index contributed by atoms with van der Waals surface area (Å²) in [5.74, 6) is 0.565. The Kier molecular flexibility index (Phi) is 4.25. The number of hydrogen-bond acceptors (Lipinski definition) is 4. The first-order valence-electron chi connectivity index (χ1n) is 9.21. The van der Waals surface area contributed by atoms with Gasteiger partial charge in [-0.1, -0.05) is 30.5 Å². The van der Waals surface area contributed by atoms with E-state index in [0.717, 1.165) is 50.1 Å². The molecule has 1 aromatic rings. The lowest BCUT2D eigenvalue weighted by atomic mass is 9.84. The molecule has 24 heavy (non-hydrogen) atoms. The molecule has 0 N–H and O–H groups in total. The maximum atomic E-state index is 12.9. The first-order valence-corrected chi connectivity index (χ1v) is 9.21. The summed E-state index contributed by atoms with van der Waals surface area (Å²) >= 11 is 0. The molecule has 2 fully saturated rings. The molecule has 1 aromatic heterocycles. The van der Waals surface area contributed by atoms with Crippen LogP contribution in [0.1, 0.15) is 57.1 Å². The molecule has 2 aliphatic heterocycles. The monoisotopic (exact) mass is 327 g/mol. The van der Waals surface area contributed by atoms with E-state index in [1.54, 1.807) is 6.20 Å². The fourth-order valence-electron chi connectivity index (χ4n) is 4.31. The van der Waals surface area contributed by atoms with Crippen molar-refractivity contribution in [2.75, 3.05) is 13.1 Å². The number of oxime groups is 1. The Hall–Kier alpha value is -1.91. The predicted octanol–water partition coefficient (Wildman–Crippen LogP) is 3.15. The number of rotatable bonds is 2. The van der Waals surface area contributed by atoms with Gasteiger partial charge in [0.15, 0.2) is 5.60 Å². The zero-order chi connectivity index (χ0) is 16.4. The second kappa shape index (κ2) is 6.54. The lowest BCUT2D eigenvalue weighted by Crippen LogP contribution is -2.52. The molecule has 1 amide bonds. The van der Waals surface area contributed by atoms with Crippen LogP contribution in [0.5, 0.6) is 0 Å². The van der Waals surface area contributed by atoms with Crippen LogP contribution in [0.3, 0.4) is 0 Å². The molecular weight excluding hydrogens is 302 g/mol. The number of likely N-dealkylation sites (tertiary alicyclic amines) is 1. The summed E-state index contributed by atoms with van der Waals surface area (Å²) in [6, 6.07) is 5.84. The quantitative estimate of drug-likeness (QED) is 0.838. The largest absolute Gasteiger partial charge is 0.387 e. The van der Waals surface area contributed by atoms with Gasteiger partial charge in [-0.25, -0.2) is 0 Å². The molecule has 128 valence electrons. The molecular formula is C19H25N3O2. The van der Waals surface area contributed by atoms with Gasteiger partial charge >= 0.3 is 0 Å². The number of carbonyl (C=O) groups is 1. The molecule has 0 radical (unpaired) electrons. The highest BCUT2D eigenvalue weighted by Gasteiger charge is 2.45. The Morgan fingerprint density at radius 3 is 2.88 bits per heavy atom. The standard InChI is InChI=1S/C19H25N3O2/c23-18(15-7-2-1-3-8-15)22-12-6-10-19(14-22)13-17(21-24-19)16-9-4-5-11-20-16/h4-5,9,11,15H,1-3,6-8,10,12-14H2. The van der Waals surface area contributed by atoms with Crippen LogP contribution >= 0.6 is 0 Å². The van der Waals surface area contributed by atoms with Gasteiger partial charge in [0, 0.05) is 25.1 Å². The van der Waals surface area contributed by atoms with E-state index in [1.165, 1.54) is 19.3 Å². The molecule has 5 nitrogen and oxygen atoms in total. The lowest BCUT2D eigenvalue weighted by Gasteiger charge is -2.40. The molecule has 5 heteroatoms. The van der Waals surface area contributed by atoms with Crippen molar-refractivity contribution in [2.45, 2.75) is 57.0 Å². The van der Waals surface area contributed by atoms with E-state index in [1.807, 2.05) is 23.1 Å². The van der Waals surface area contributed by atoms with Crippen molar-refractivity contribution in [3.63, 3.8) is 0 Å². The van der Waals surface area contributed by atoms with Gasteiger partial charge in [-0.15, -0.1) is 0 Å². The maximum Gasteiger partial charge on any atom is 0.225 e. The molecule has 1 atom stereocenters. The lowest BCUT2D eigenvalue weighted by molar-refractivity contribution is -0.145. The van der Waals surface area contributed by atoms with Crippen molar-refractivity contribution in [2.24, 2.45) is 11.1 Å². The number of amides is 1. The first kappa shape index (κ1) is 15.6. The Morgan fingerprint density at radius 1 is 1.21 bits per heavy atom. The topological polar surface area (TPSA) is 54.8 Å². The summed E-state index contributed by atoms with van der Waals surface area (Å²) in [6.07, 6.45) is 10.2. The minimum atomic E-state index is -0.338. The molecule has 0 bridgehead atoms. The summed E-state index contributed by atoms with van der Waals surface area (Å²) in [4.78, 5) is 25.1. The van der Waals surface area contributed by atoms with Gasteiger partial charge in [-0.3, -0.25) is 9.78 Å². The van der Waals surface area contributed by atoms with Gasteiger partial charge in [0.05, 0.1) is 12.2 Å². The van der Waals surface area contributed by atoms with Gasteiger partial charge in [0.1, 0.15) is 5.71 Å². The van der Waals surface area contributed by atoms with Crippen LogP contribution in [-0.2, 0) is 9.63 Å². The third kappa shape index (κ3) is 3.04. The molecule has 3 heterocycles. The molecule has 4 rings (SSSR count). The van der Waals surface area contributed by atoms with Gasteiger partial charge < -0.3 is 9.74 Å². The van der Waals surface area contributed by atoms with Crippen LogP contribution in [0.15, 0.2) is 29.6 Å². The Morgan fingerprint density at radius 2 is 2.08 bits per heavy atom. The minimum Gasteiger partial charge on any atom is -0.387 e. The number of aromatic nitrogens is 1. The van der Waals surface area contributed by atoms with Crippen molar-refractivity contribution in [3.05, 3.63) is 30.1 Å². The highest BCUT2D eigenvalue weighted by Crippen LogP contribution is 2.36. The van der Waals surface area contributed by atoms with Crippen LogP contribution in [0, 0.1) is 5.92 Å². The number of pyridine rings is 1. The van der Waals surface area contributed by atoms with Crippen molar-refractivity contribution in [1.82, 2.24) is 9.88 Å². The fourth-order valence-corrected chi connectivity index (χ4v) is 4.31. The Balaban J connectivity index is 1.43. The third-order valence-electron chi connectivity index (χ3n) is 5.61. The molecule has 1 unspecified atom stereocenters. The van der Waals surface area contributed by atoms with E-state index in [0.29, 0.717) is 12.5 Å². The Bertz CT molecular complexity index is 625. The number of hydrogen-bond donors (Lipinski definition) is 0. The van der Waals surface area contributed by atoms with Crippen molar-refractivity contribution >= 4 is 11.6 Å². The van der Waals surface area contributed by atoms with Crippen LogP contribution in [0.2, 0.25) is 0 Å². The number of piperidine rings is 1. The highest BCUT2D eigenvalue weighted by atomic mass is 16.7. The number of nitrogens with zero attached hydrogens (tertiary/aromatic N) is 3. The zero-order valence-corrected chi connectivity index (χ0v) is 14.1. The zero-order valence-electron chi connectivity index (χ0n) is 14.1. The van der Waals surface area contributed by atoms with E-state index in [-0.39, 0.29) is 11.5 Å². The van der Waals surface area contributed by atoms with E-state index in [2.05, 4.69) is 10.1 Å². The maximum absolute atomic E-state index is 12.9. The van der Waals surface area contributed by atoms with E-state index < -0.39 is 0 Å². The number of carbonyl (C=O) groups excluding carboxylic acids is 1. The summed E-state index contributed by atoms with van der Waals surface area (Å²) in [5, 5.41) is 4.31. The SMILES string of the molecule is O=C(C1CCCCC1)N1CCCC2(CC(c3ccccn3)=NO2)C1. The molecule has 0 aromatic carbocycles. The molecule has 1 saturated heterocycles. The molecule has 1 spiro atoms. The van der Waals surface area contributed by atoms with Gasteiger partial charge in [0.2, 0.25) is 5.91 Å². The van der Waals surface area contributed by atoms with E-state index in [4.69, 9.17) is 4.84 Å². The van der Waals surface area contributed by atoms with Crippen molar-refractivity contribution < 1.29 is 9.63 Å². The van der Waals surface area contributed by atoms with Crippen LogP contribution in [0.4, 0.5) is 0 Å². The summed E-state index contributed by atoms with van der Waals surface area (Å²) < 4.78 is 0. The van der Waals surface area contributed by atoms with E-state index >= 15 is 0 Å². The highest BCUT2D eigenvalue weighted by molar-refractivity contribution is 6.00. The van der Waals surface area contributed by atoms with Crippen molar-refractivity contribution in [3.8, 4) is 0 Å². The average molecular weight is 327 g/mol. The van der Waals surface area contributed by atoms with Gasteiger partial charge in [0.25, 0.3) is 0 Å². The van der Waals surface area contributed by atoms with Crippen LogP contribution in [-0.4, -0.2) is 40.2 Å². The van der Waals surface area contributed by atoms with Crippen LogP contribution < -0.4 is 0 Å². The summed E-state index contributed by atoms with van der Waals surface area (Å²) in [6.45, 7) is 1.53. The summed E-state index contributed by atoms with van der Waals surface area (Å²) in [7, 11) is 0. The molecule has 1 aliphatic carbocycles. The van der Waals surface area contributed by atoms with Gasteiger partial charge in [-0.2, -0.15) is 0 Å². The van der Waals surface area contributed by atoms with Crippen LogP contribution in [0.25, 0.3) is 0 Å². The summed E-state index contributed by atoms with van der Waals surface area (Å²) in [5.41, 5.74) is 1.45. The Labute approximate surface area is 143 Å². The fraction of sp³-hybridized carbons (Fsp3) is 0.632. The third-order valence-corrected chi connectivity index (χ3v) is 5.61. The van der Waals surface area contributed by atoms with Crippen molar-refractivity contribution in [1.29, 1.82) is 0 Å². The van der Waals surface area contributed by atoms with Gasteiger partial charge in [-0.05, 0) is 37.8 Å². The molecule has 1 saturated carbocycles. The second-order valence-corrected chi connectivity index (χ2v) is 7.40. The second-order valence-electron chi connectivity index (χ2n) is 7.40. The average Bonchev–Trinajstić information content (AvgIpc) is 3.06. The molecule has 3 aliphatic rings. The normalized spacial score (nSPS) is 27.8.